The maximum absolute atomic E-state index is 12.8. The van der Waals surface area contributed by atoms with Crippen molar-refractivity contribution in [2.45, 2.75) is 64.3 Å². The molecular weight excluding hydrogens is 478 g/mol. The van der Waals surface area contributed by atoms with Crippen molar-refractivity contribution in [1.29, 1.82) is 5.26 Å². The van der Waals surface area contributed by atoms with Crippen LogP contribution in [0.2, 0.25) is 0 Å². The van der Waals surface area contributed by atoms with Crippen LogP contribution in [0.1, 0.15) is 58.8 Å². The zero-order chi connectivity index (χ0) is 24.9. The van der Waals surface area contributed by atoms with Crippen molar-refractivity contribution in [3.8, 4) is 11.8 Å². The molecule has 1 aromatic carbocycles. The van der Waals surface area contributed by atoms with Gasteiger partial charge in [-0.2, -0.15) is 5.26 Å². The number of aromatic nitrogens is 3. The lowest BCUT2D eigenvalue weighted by atomic mass is 9.96. The van der Waals surface area contributed by atoms with Crippen molar-refractivity contribution < 1.29 is 9.53 Å². The molecule has 1 atom stereocenters. The summed E-state index contributed by atoms with van der Waals surface area (Å²) in [7, 11) is 0. The van der Waals surface area contributed by atoms with Crippen LogP contribution in [0.4, 0.5) is 5.00 Å². The van der Waals surface area contributed by atoms with E-state index in [1.54, 1.807) is 6.08 Å². The third-order valence-electron chi connectivity index (χ3n) is 6.15. The number of thiophene rings is 1. The van der Waals surface area contributed by atoms with Gasteiger partial charge >= 0.3 is 0 Å². The maximum atomic E-state index is 12.8. The van der Waals surface area contributed by atoms with Crippen LogP contribution in [-0.4, -0.2) is 26.4 Å². The number of nitrogens with zero attached hydrogens (tertiary/aromatic N) is 4. The average Bonchev–Trinajstić information content (AvgIpc) is 3.41. The number of hydrogen-bond donors (Lipinski definition) is 1. The summed E-state index contributed by atoms with van der Waals surface area (Å²) in [5, 5.41) is 22.5. The SMILES string of the molecule is C=CCn1c(SCC(=O)Nc2sc3c(c2C#N)CCCC3)nnc1C(C)Oc1cccc(C)c1C. The Kier molecular flexibility index (Phi) is 7.93. The molecule has 0 bridgehead atoms. The molecule has 1 aliphatic carbocycles. The van der Waals surface area contributed by atoms with E-state index in [2.05, 4.69) is 41.2 Å². The Morgan fingerprint density at radius 1 is 1.37 bits per heavy atom. The molecule has 0 aliphatic heterocycles. The Hall–Kier alpha value is -3.09. The van der Waals surface area contributed by atoms with Crippen molar-refractivity contribution in [2.75, 3.05) is 11.1 Å². The molecule has 182 valence electrons. The van der Waals surface area contributed by atoms with E-state index < -0.39 is 0 Å². The van der Waals surface area contributed by atoms with Gasteiger partial charge in [0.1, 0.15) is 16.8 Å². The number of carbonyl (C=O) groups is 1. The van der Waals surface area contributed by atoms with Gasteiger partial charge in [-0.25, -0.2) is 0 Å². The fraction of sp³-hybridized carbons (Fsp3) is 0.385. The summed E-state index contributed by atoms with van der Waals surface area (Å²) >= 11 is 2.84. The minimum atomic E-state index is -0.332. The zero-order valence-electron chi connectivity index (χ0n) is 20.3. The summed E-state index contributed by atoms with van der Waals surface area (Å²) in [6, 6.07) is 8.26. The Morgan fingerprint density at radius 2 is 2.17 bits per heavy atom. The lowest BCUT2D eigenvalue weighted by Gasteiger charge is -2.18. The molecule has 35 heavy (non-hydrogen) atoms. The van der Waals surface area contributed by atoms with Gasteiger partial charge < -0.3 is 10.1 Å². The number of allylic oxidation sites excluding steroid dienone is 1. The number of aryl methyl sites for hydroxylation is 2. The fourth-order valence-corrected chi connectivity index (χ4v) is 6.18. The van der Waals surface area contributed by atoms with Gasteiger partial charge in [0.2, 0.25) is 5.91 Å². The first-order chi connectivity index (χ1) is 16.9. The van der Waals surface area contributed by atoms with Crippen LogP contribution >= 0.6 is 23.1 Å². The number of nitrogens with one attached hydrogen (secondary N) is 1. The number of hydrogen-bond acceptors (Lipinski definition) is 7. The first-order valence-electron chi connectivity index (χ1n) is 11.7. The van der Waals surface area contributed by atoms with Crippen molar-refractivity contribution in [3.05, 3.63) is 63.8 Å². The largest absolute Gasteiger partial charge is 0.482 e. The number of fused-ring (bicyclic) bond motifs is 1. The normalized spacial score (nSPS) is 13.5. The number of benzene rings is 1. The number of carbonyl (C=O) groups excluding carboxylic acids is 1. The van der Waals surface area contributed by atoms with E-state index in [0.29, 0.717) is 28.1 Å². The van der Waals surface area contributed by atoms with Gasteiger partial charge in [-0.15, -0.1) is 28.1 Å². The van der Waals surface area contributed by atoms with Crippen molar-refractivity contribution in [1.82, 2.24) is 14.8 Å². The first-order valence-corrected chi connectivity index (χ1v) is 13.5. The standard InChI is InChI=1S/C26H29N5O2S2/c1-5-13-31-24(18(4)33-21-11-8-9-16(2)17(21)3)29-30-26(31)34-15-23(32)28-25-20(14-27)19-10-6-7-12-22(19)35-25/h5,8-9,11,18H,1,6-7,10,12-13,15H2,2-4H3,(H,28,32). The van der Waals surface area contributed by atoms with E-state index in [1.165, 1.54) is 28.0 Å². The highest BCUT2D eigenvalue weighted by Gasteiger charge is 2.23. The molecule has 0 spiro atoms. The van der Waals surface area contributed by atoms with Gasteiger partial charge in [0.25, 0.3) is 0 Å². The van der Waals surface area contributed by atoms with Crippen LogP contribution in [0.15, 0.2) is 36.0 Å². The minimum Gasteiger partial charge on any atom is -0.482 e. The summed E-state index contributed by atoms with van der Waals surface area (Å²) in [6.45, 7) is 10.4. The van der Waals surface area contributed by atoms with Gasteiger partial charge in [-0.1, -0.05) is 30.0 Å². The highest BCUT2D eigenvalue weighted by molar-refractivity contribution is 7.99. The predicted octanol–water partition coefficient (Wildman–Crippen LogP) is 5.76. The first kappa shape index (κ1) is 25.0. The molecule has 0 radical (unpaired) electrons. The summed E-state index contributed by atoms with van der Waals surface area (Å²) in [6.07, 6.45) is 5.56. The van der Waals surface area contributed by atoms with Crippen LogP contribution in [0, 0.1) is 25.2 Å². The summed E-state index contributed by atoms with van der Waals surface area (Å²) in [5.74, 6) is 1.48. The monoisotopic (exact) mass is 507 g/mol. The van der Waals surface area contributed by atoms with Crippen LogP contribution in [0.25, 0.3) is 0 Å². The number of thioether (sulfide) groups is 1. The van der Waals surface area contributed by atoms with Gasteiger partial charge in [-0.05, 0) is 69.2 Å². The second-order valence-electron chi connectivity index (χ2n) is 8.56. The summed E-state index contributed by atoms with van der Waals surface area (Å²) in [5.41, 5.74) is 3.99. The Balaban J connectivity index is 1.45. The number of amides is 1. The third kappa shape index (κ3) is 5.44. The highest BCUT2D eigenvalue weighted by Crippen LogP contribution is 2.37. The Bertz CT molecular complexity index is 1290. The topological polar surface area (TPSA) is 92.8 Å². The van der Waals surface area contributed by atoms with E-state index in [-0.39, 0.29) is 17.8 Å². The van der Waals surface area contributed by atoms with Gasteiger partial charge in [0.15, 0.2) is 17.1 Å². The zero-order valence-corrected chi connectivity index (χ0v) is 21.9. The average molecular weight is 508 g/mol. The van der Waals surface area contributed by atoms with Gasteiger partial charge in [0.05, 0.1) is 11.3 Å². The third-order valence-corrected chi connectivity index (χ3v) is 8.32. The molecule has 0 saturated carbocycles. The molecule has 4 rings (SSSR count). The van der Waals surface area contributed by atoms with Crippen LogP contribution in [-0.2, 0) is 24.2 Å². The Labute approximate surface area is 214 Å². The van der Waals surface area contributed by atoms with Crippen LogP contribution in [0.3, 0.4) is 0 Å². The number of nitriles is 1. The minimum absolute atomic E-state index is 0.162. The second-order valence-corrected chi connectivity index (χ2v) is 10.6. The van der Waals surface area contributed by atoms with E-state index in [9.17, 15) is 10.1 Å². The molecular formula is C26H29N5O2S2. The molecule has 2 aromatic heterocycles. The van der Waals surface area contributed by atoms with E-state index in [1.807, 2.05) is 30.5 Å². The lowest BCUT2D eigenvalue weighted by Crippen LogP contribution is -2.15. The highest BCUT2D eigenvalue weighted by atomic mass is 32.2. The molecule has 2 heterocycles. The fourth-order valence-electron chi connectivity index (χ4n) is 4.17. The lowest BCUT2D eigenvalue weighted by molar-refractivity contribution is -0.113. The second kappa shape index (κ2) is 11.1. The summed E-state index contributed by atoms with van der Waals surface area (Å²) in [4.78, 5) is 14.0. The molecule has 0 saturated heterocycles. The quantitative estimate of drug-likeness (QED) is 0.292. The molecule has 1 N–H and O–H groups in total. The molecule has 1 amide bonds. The number of anilines is 1. The van der Waals surface area contributed by atoms with E-state index >= 15 is 0 Å². The van der Waals surface area contributed by atoms with Crippen LogP contribution in [0.5, 0.6) is 5.75 Å². The van der Waals surface area contributed by atoms with E-state index in [4.69, 9.17) is 4.74 Å². The number of rotatable bonds is 9. The van der Waals surface area contributed by atoms with Crippen molar-refractivity contribution in [3.63, 3.8) is 0 Å². The Morgan fingerprint density at radius 3 is 2.94 bits per heavy atom. The molecule has 0 fully saturated rings. The van der Waals surface area contributed by atoms with Gasteiger partial charge in [-0.3, -0.25) is 9.36 Å². The van der Waals surface area contributed by atoms with E-state index in [0.717, 1.165) is 48.1 Å². The van der Waals surface area contributed by atoms with Gasteiger partial charge in [0, 0.05) is 11.4 Å². The molecule has 1 aliphatic rings. The number of ether oxygens (including phenoxy) is 1. The van der Waals surface area contributed by atoms with Crippen molar-refractivity contribution >= 4 is 34.0 Å². The maximum Gasteiger partial charge on any atom is 0.235 e. The summed E-state index contributed by atoms with van der Waals surface area (Å²) < 4.78 is 8.13. The molecule has 1 unspecified atom stereocenters. The van der Waals surface area contributed by atoms with Crippen molar-refractivity contribution in [2.24, 2.45) is 0 Å². The predicted molar refractivity (Wildman–Crippen MR) is 140 cm³/mol. The molecule has 9 heteroatoms. The molecule has 3 aromatic rings. The molecule has 7 nitrogen and oxygen atoms in total. The van der Waals surface area contributed by atoms with Crippen LogP contribution < -0.4 is 10.1 Å². The smallest absolute Gasteiger partial charge is 0.235 e.